The number of hydrogen-bond donors (Lipinski definition) is 2. The second-order valence-corrected chi connectivity index (χ2v) is 4.02. The normalized spacial score (nSPS) is 10.0. The van der Waals surface area contributed by atoms with Crippen molar-refractivity contribution < 1.29 is 9.72 Å². The molecule has 102 valence electrons. The zero-order valence-electron chi connectivity index (χ0n) is 10.4. The first kappa shape index (κ1) is 13.5. The minimum Gasteiger partial charge on any atom is -0.373 e. The van der Waals surface area contributed by atoms with E-state index in [0.717, 1.165) is 5.56 Å². The maximum absolute atomic E-state index is 11.3. The number of pyridine rings is 1. The number of nitrogens with zero attached hydrogens (tertiary/aromatic N) is 2. The SMILES string of the molecule is NC(=O)c1ccnc([N+](=O)[O-])c1NCc1ccccc1. The molecular weight excluding hydrogens is 260 g/mol. The Balaban J connectivity index is 2.33. The fraction of sp³-hybridized carbons (Fsp3) is 0.0769. The first-order valence-corrected chi connectivity index (χ1v) is 5.80. The van der Waals surface area contributed by atoms with Crippen molar-refractivity contribution in [3.05, 3.63) is 63.8 Å². The molecule has 0 bridgehead atoms. The van der Waals surface area contributed by atoms with Gasteiger partial charge >= 0.3 is 5.82 Å². The van der Waals surface area contributed by atoms with Gasteiger partial charge in [-0.15, -0.1) is 0 Å². The van der Waals surface area contributed by atoms with Gasteiger partial charge in [-0.3, -0.25) is 4.79 Å². The molecule has 2 aromatic rings. The van der Waals surface area contributed by atoms with Crippen LogP contribution in [0.15, 0.2) is 42.6 Å². The molecule has 0 atom stereocenters. The van der Waals surface area contributed by atoms with Gasteiger partial charge in [-0.2, -0.15) is 0 Å². The van der Waals surface area contributed by atoms with E-state index in [0.29, 0.717) is 6.54 Å². The Morgan fingerprint density at radius 1 is 1.30 bits per heavy atom. The van der Waals surface area contributed by atoms with Crippen LogP contribution >= 0.6 is 0 Å². The number of nitrogens with one attached hydrogen (secondary N) is 1. The Morgan fingerprint density at radius 2 is 2.00 bits per heavy atom. The number of primary amides is 1. The second-order valence-electron chi connectivity index (χ2n) is 4.02. The van der Waals surface area contributed by atoms with Crippen molar-refractivity contribution in [2.75, 3.05) is 5.32 Å². The highest BCUT2D eigenvalue weighted by Crippen LogP contribution is 2.26. The van der Waals surface area contributed by atoms with E-state index in [4.69, 9.17) is 5.73 Å². The van der Waals surface area contributed by atoms with Crippen LogP contribution in [0.4, 0.5) is 11.5 Å². The third-order valence-corrected chi connectivity index (χ3v) is 2.68. The maximum Gasteiger partial charge on any atom is 0.387 e. The number of carbonyl (C=O) groups is 1. The van der Waals surface area contributed by atoms with Crippen molar-refractivity contribution >= 4 is 17.4 Å². The van der Waals surface area contributed by atoms with Crippen molar-refractivity contribution in [3.8, 4) is 0 Å². The summed E-state index contributed by atoms with van der Waals surface area (Å²) in [6.07, 6.45) is 1.19. The van der Waals surface area contributed by atoms with E-state index >= 15 is 0 Å². The number of nitrogens with two attached hydrogens (primary N) is 1. The Hall–Kier alpha value is -2.96. The summed E-state index contributed by atoms with van der Waals surface area (Å²) in [6.45, 7) is 0.327. The lowest BCUT2D eigenvalue weighted by molar-refractivity contribution is -0.388. The molecule has 0 aliphatic rings. The predicted molar refractivity (Wildman–Crippen MR) is 73.2 cm³/mol. The monoisotopic (exact) mass is 272 g/mol. The van der Waals surface area contributed by atoms with Crippen molar-refractivity contribution in [3.63, 3.8) is 0 Å². The van der Waals surface area contributed by atoms with Gasteiger partial charge in [0.1, 0.15) is 11.9 Å². The highest BCUT2D eigenvalue weighted by Gasteiger charge is 2.21. The van der Waals surface area contributed by atoms with Gasteiger partial charge in [-0.1, -0.05) is 30.3 Å². The fourth-order valence-corrected chi connectivity index (χ4v) is 1.76. The molecule has 0 spiro atoms. The Bertz CT molecular complexity index is 611. The lowest BCUT2D eigenvalue weighted by atomic mass is 10.1. The molecule has 0 saturated carbocycles. The topological polar surface area (TPSA) is 111 Å². The molecule has 0 saturated heterocycles. The molecular formula is C13H12N4O3. The largest absolute Gasteiger partial charge is 0.387 e. The zero-order valence-corrected chi connectivity index (χ0v) is 10.4. The molecule has 0 aliphatic carbocycles. The molecule has 0 radical (unpaired) electrons. The van der Waals surface area contributed by atoms with E-state index < -0.39 is 16.6 Å². The molecule has 1 aromatic heterocycles. The summed E-state index contributed by atoms with van der Waals surface area (Å²) in [4.78, 5) is 25.3. The zero-order chi connectivity index (χ0) is 14.5. The minimum absolute atomic E-state index is 0.0360. The van der Waals surface area contributed by atoms with Crippen molar-refractivity contribution in [2.24, 2.45) is 5.73 Å². The number of hydrogen-bond acceptors (Lipinski definition) is 5. The van der Waals surface area contributed by atoms with Crippen LogP contribution in [0.2, 0.25) is 0 Å². The van der Waals surface area contributed by atoms with Crippen LogP contribution in [0.1, 0.15) is 15.9 Å². The molecule has 7 nitrogen and oxygen atoms in total. The van der Waals surface area contributed by atoms with Crippen molar-refractivity contribution in [1.82, 2.24) is 4.98 Å². The molecule has 3 N–H and O–H groups in total. The maximum atomic E-state index is 11.3. The van der Waals surface area contributed by atoms with Crippen LogP contribution in [0.25, 0.3) is 0 Å². The number of benzene rings is 1. The molecule has 20 heavy (non-hydrogen) atoms. The van der Waals surface area contributed by atoms with Crippen LogP contribution in [-0.4, -0.2) is 15.8 Å². The minimum atomic E-state index is -0.744. The standard InChI is InChI=1S/C13H12N4O3/c14-12(18)10-6-7-15-13(17(19)20)11(10)16-8-9-4-2-1-3-5-9/h1-7,16H,8H2,(H2,14,18). The Morgan fingerprint density at radius 3 is 2.60 bits per heavy atom. The average molecular weight is 272 g/mol. The third kappa shape index (κ3) is 2.89. The van der Waals surface area contributed by atoms with E-state index in [1.54, 1.807) is 0 Å². The first-order valence-electron chi connectivity index (χ1n) is 5.80. The number of amides is 1. The van der Waals surface area contributed by atoms with Crippen LogP contribution in [0.5, 0.6) is 0 Å². The van der Waals surface area contributed by atoms with Crippen LogP contribution in [0.3, 0.4) is 0 Å². The summed E-state index contributed by atoms with van der Waals surface area (Å²) < 4.78 is 0. The Kier molecular flexibility index (Phi) is 3.90. The molecule has 0 fully saturated rings. The molecule has 1 heterocycles. The highest BCUT2D eigenvalue weighted by atomic mass is 16.6. The highest BCUT2D eigenvalue weighted by molar-refractivity contribution is 6.00. The third-order valence-electron chi connectivity index (χ3n) is 2.68. The van der Waals surface area contributed by atoms with Gasteiger partial charge in [0.25, 0.3) is 5.91 Å². The summed E-state index contributed by atoms with van der Waals surface area (Å²) in [7, 11) is 0. The van der Waals surface area contributed by atoms with E-state index in [1.165, 1.54) is 12.3 Å². The van der Waals surface area contributed by atoms with Crippen LogP contribution in [0, 0.1) is 10.1 Å². The van der Waals surface area contributed by atoms with Gasteiger partial charge in [0.2, 0.25) is 0 Å². The van der Waals surface area contributed by atoms with Crippen LogP contribution in [-0.2, 0) is 6.54 Å². The Labute approximate surface area is 114 Å². The van der Waals surface area contributed by atoms with E-state index in [2.05, 4.69) is 10.3 Å². The van der Waals surface area contributed by atoms with Crippen LogP contribution < -0.4 is 11.1 Å². The second kappa shape index (κ2) is 5.79. The number of anilines is 1. The molecule has 0 unspecified atom stereocenters. The molecule has 1 amide bonds. The molecule has 2 rings (SSSR count). The summed E-state index contributed by atoms with van der Waals surface area (Å²) in [5.74, 6) is -1.16. The summed E-state index contributed by atoms with van der Waals surface area (Å²) >= 11 is 0. The van der Waals surface area contributed by atoms with Gasteiger partial charge in [0.15, 0.2) is 0 Å². The molecule has 7 heteroatoms. The predicted octanol–water partition coefficient (Wildman–Crippen LogP) is 1.70. The number of carbonyl (C=O) groups excluding carboxylic acids is 1. The number of aromatic nitrogens is 1. The lowest BCUT2D eigenvalue weighted by Gasteiger charge is -2.09. The summed E-state index contributed by atoms with van der Waals surface area (Å²) in [5.41, 5.74) is 6.22. The van der Waals surface area contributed by atoms with Crippen molar-refractivity contribution in [2.45, 2.75) is 6.54 Å². The quantitative estimate of drug-likeness (QED) is 0.635. The summed E-state index contributed by atoms with van der Waals surface area (Å²) in [5, 5.41) is 13.8. The van der Waals surface area contributed by atoms with Gasteiger partial charge < -0.3 is 21.2 Å². The smallest absolute Gasteiger partial charge is 0.373 e. The number of rotatable bonds is 5. The van der Waals surface area contributed by atoms with Gasteiger partial charge in [0, 0.05) is 6.54 Å². The summed E-state index contributed by atoms with van der Waals surface area (Å²) in [6, 6.07) is 10.6. The van der Waals surface area contributed by atoms with Gasteiger partial charge in [-0.25, -0.2) is 0 Å². The van der Waals surface area contributed by atoms with Gasteiger partial charge in [-0.05, 0) is 21.5 Å². The average Bonchev–Trinajstić information content (AvgIpc) is 2.45. The van der Waals surface area contributed by atoms with E-state index in [-0.39, 0.29) is 11.3 Å². The fourth-order valence-electron chi connectivity index (χ4n) is 1.76. The van der Waals surface area contributed by atoms with Crippen molar-refractivity contribution in [1.29, 1.82) is 0 Å². The first-order chi connectivity index (χ1) is 9.59. The number of nitro groups is 1. The molecule has 1 aromatic carbocycles. The van der Waals surface area contributed by atoms with E-state index in [1.807, 2.05) is 30.3 Å². The van der Waals surface area contributed by atoms with Gasteiger partial charge in [0.05, 0.1) is 5.56 Å². The molecule has 0 aliphatic heterocycles. The van der Waals surface area contributed by atoms with E-state index in [9.17, 15) is 14.9 Å². The lowest BCUT2D eigenvalue weighted by Crippen LogP contribution is -2.16.